The van der Waals surface area contributed by atoms with E-state index in [0.29, 0.717) is 11.8 Å². The Morgan fingerprint density at radius 3 is 1.22 bits per heavy atom. The molecular formula is C62H50N2O. The summed E-state index contributed by atoms with van der Waals surface area (Å²) in [6.45, 7) is 8.97. The van der Waals surface area contributed by atoms with Crippen LogP contribution in [0.1, 0.15) is 50.7 Å². The van der Waals surface area contributed by atoms with Crippen LogP contribution in [0.15, 0.2) is 223 Å². The molecule has 0 radical (unpaired) electrons. The van der Waals surface area contributed by atoms with E-state index in [9.17, 15) is 0 Å². The first-order valence-electron chi connectivity index (χ1n) is 22.8. The van der Waals surface area contributed by atoms with Gasteiger partial charge in [0, 0.05) is 44.6 Å². The van der Waals surface area contributed by atoms with Crippen molar-refractivity contribution in [1.82, 2.24) is 0 Å². The molecule has 1 heterocycles. The fourth-order valence-corrected chi connectivity index (χ4v) is 9.45. The van der Waals surface area contributed by atoms with Gasteiger partial charge in [0.25, 0.3) is 0 Å². The van der Waals surface area contributed by atoms with Gasteiger partial charge in [-0.3, -0.25) is 0 Å². The number of nitrogens with zero attached hydrogens (tertiary/aromatic N) is 2. The monoisotopic (exact) mass is 838 g/mol. The first-order chi connectivity index (χ1) is 31.9. The highest BCUT2D eigenvalue weighted by atomic mass is 16.3. The van der Waals surface area contributed by atoms with Crippen molar-refractivity contribution in [1.29, 1.82) is 0 Å². The topological polar surface area (TPSA) is 19.6 Å². The Kier molecular flexibility index (Phi) is 10.2. The second-order valence-corrected chi connectivity index (χ2v) is 17.8. The standard InChI is InChI=1S/C62H50N2O/c1-41(2)43-23-25-46(26-24-43)56-20-12-14-22-60(56)63(51-17-9-6-10-18-51)53-33-29-47-37-57-58-38-48-30-34-54(36-50(48)40-62(58)65-61(57)39-49(47)35-53)64(52-31-27-44(28-32-52)42(3)4)59-21-13-11-19-55(59)45-15-7-5-8-16-45/h5-42H,1-4H3. The lowest BCUT2D eigenvalue weighted by Gasteiger charge is -2.28. The second kappa shape index (κ2) is 16.7. The fourth-order valence-electron chi connectivity index (χ4n) is 9.45. The summed E-state index contributed by atoms with van der Waals surface area (Å²) in [7, 11) is 0. The summed E-state index contributed by atoms with van der Waals surface area (Å²) in [5, 5.41) is 6.81. The first-order valence-corrected chi connectivity index (χ1v) is 22.8. The molecule has 0 bridgehead atoms. The van der Waals surface area contributed by atoms with Gasteiger partial charge in [0.1, 0.15) is 11.2 Å². The van der Waals surface area contributed by atoms with Crippen LogP contribution in [0, 0.1) is 0 Å². The molecule has 0 fully saturated rings. The fraction of sp³-hybridized carbons (Fsp3) is 0.0968. The van der Waals surface area contributed by atoms with Gasteiger partial charge in [-0.1, -0.05) is 161 Å². The van der Waals surface area contributed by atoms with Crippen molar-refractivity contribution in [2.45, 2.75) is 39.5 Å². The number of hydrogen-bond donors (Lipinski definition) is 0. The predicted octanol–water partition coefficient (Wildman–Crippen LogP) is 18.4. The van der Waals surface area contributed by atoms with Gasteiger partial charge in [0.05, 0.1) is 11.4 Å². The largest absolute Gasteiger partial charge is 0.456 e. The summed E-state index contributed by atoms with van der Waals surface area (Å²) in [6, 6.07) is 79.4. The second-order valence-electron chi connectivity index (χ2n) is 17.8. The smallest absolute Gasteiger partial charge is 0.136 e. The average Bonchev–Trinajstić information content (AvgIpc) is 3.69. The van der Waals surface area contributed by atoms with E-state index in [1.807, 2.05) is 0 Å². The minimum absolute atomic E-state index is 0.450. The predicted molar refractivity (Wildman–Crippen MR) is 277 cm³/mol. The Bertz CT molecular complexity index is 3480. The van der Waals surface area contributed by atoms with Crippen molar-refractivity contribution >= 4 is 77.6 Å². The van der Waals surface area contributed by atoms with Crippen molar-refractivity contribution < 1.29 is 4.42 Å². The summed E-state index contributed by atoms with van der Waals surface area (Å²) in [4.78, 5) is 4.76. The van der Waals surface area contributed by atoms with Crippen LogP contribution in [0.2, 0.25) is 0 Å². The molecule has 314 valence electrons. The maximum Gasteiger partial charge on any atom is 0.136 e. The SMILES string of the molecule is CC(C)c1ccc(-c2ccccc2N(c2ccccc2)c2ccc3cc4c(cc3c2)oc2cc3cc(N(c5ccc(C(C)C)cc5)c5ccccc5-c5ccccc5)ccc3cc24)cc1. The molecule has 3 heteroatoms. The Morgan fingerprint density at radius 1 is 0.323 bits per heavy atom. The van der Waals surface area contributed by atoms with E-state index in [4.69, 9.17) is 4.42 Å². The molecule has 0 amide bonds. The quantitative estimate of drug-likeness (QED) is 0.137. The number of hydrogen-bond acceptors (Lipinski definition) is 3. The molecule has 0 saturated carbocycles. The van der Waals surface area contributed by atoms with Gasteiger partial charge in [0.2, 0.25) is 0 Å². The maximum absolute atomic E-state index is 6.80. The zero-order valence-electron chi connectivity index (χ0n) is 37.2. The average molecular weight is 839 g/mol. The molecule has 65 heavy (non-hydrogen) atoms. The molecule has 0 atom stereocenters. The lowest BCUT2D eigenvalue weighted by atomic mass is 9.97. The van der Waals surface area contributed by atoms with Gasteiger partial charge in [-0.15, -0.1) is 0 Å². The number of furan rings is 1. The minimum Gasteiger partial charge on any atom is -0.456 e. The number of para-hydroxylation sites is 3. The van der Waals surface area contributed by atoms with Crippen LogP contribution < -0.4 is 9.80 Å². The number of anilines is 6. The first kappa shape index (κ1) is 39.9. The lowest BCUT2D eigenvalue weighted by Crippen LogP contribution is -2.11. The van der Waals surface area contributed by atoms with Gasteiger partial charge in [0.15, 0.2) is 0 Å². The molecule has 11 aromatic rings. The van der Waals surface area contributed by atoms with E-state index in [1.54, 1.807) is 0 Å². The Hall–Kier alpha value is -7.88. The summed E-state index contributed by atoms with van der Waals surface area (Å²) in [6.07, 6.45) is 0. The van der Waals surface area contributed by atoms with Crippen molar-refractivity contribution in [3.63, 3.8) is 0 Å². The third kappa shape index (κ3) is 7.49. The van der Waals surface area contributed by atoms with E-state index in [0.717, 1.165) is 66.8 Å². The van der Waals surface area contributed by atoms with E-state index in [1.165, 1.54) is 44.2 Å². The number of fused-ring (bicyclic) bond motifs is 5. The molecule has 11 rings (SSSR count). The van der Waals surface area contributed by atoms with Gasteiger partial charge in [-0.2, -0.15) is 0 Å². The van der Waals surface area contributed by atoms with Gasteiger partial charge in [-0.05, 0) is 141 Å². The normalized spacial score (nSPS) is 11.7. The van der Waals surface area contributed by atoms with Crippen LogP contribution in [-0.4, -0.2) is 0 Å². The molecule has 0 spiro atoms. The summed E-state index contributed by atoms with van der Waals surface area (Å²) >= 11 is 0. The van der Waals surface area contributed by atoms with Crippen LogP contribution in [0.25, 0.3) is 65.7 Å². The van der Waals surface area contributed by atoms with Crippen LogP contribution in [0.5, 0.6) is 0 Å². The third-order valence-electron chi connectivity index (χ3n) is 13.0. The van der Waals surface area contributed by atoms with Crippen LogP contribution in [0.4, 0.5) is 34.1 Å². The molecule has 1 aromatic heterocycles. The zero-order valence-corrected chi connectivity index (χ0v) is 37.2. The summed E-state index contributed by atoms with van der Waals surface area (Å²) in [5.41, 5.74) is 15.8. The molecule has 0 N–H and O–H groups in total. The molecule has 0 aliphatic rings. The lowest BCUT2D eigenvalue weighted by molar-refractivity contribution is 0.670. The highest BCUT2D eigenvalue weighted by molar-refractivity contribution is 6.14. The molecule has 10 aromatic carbocycles. The minimum atomic E-state index is 0.450. The van der Waals surface area contributed by atoms with Crippen molar-refractivity contribution in [3.05, 3.63) is 230 Å². The van der Waals surface area contributed by atoms with Crippen LogP contribution in [0.3, 0.4) is 0 Å². The molecule has 0 aliphatic heterocycles. The molecule has 0 unspecified atom stereocenters. The maximum atomic E-state index is 6.80. The van der Waals surface area contributed by atoms with Gasteiger partial charge >= 0.3 is 0 Å². The Morgan fingerprint density at radius 2 is 0.723 bits per heavy atom. The summed E-state index contributed by atoms with van der Waals surface area (Å²) < 4.78 is 6.80. The Labute approximate surface area is 381 Å². The Balaban J connectivity index is 1.01. The number of benzene rings is 10. The summed E-state index contributed by atoms with van der Waals surface area (Å²) in [5.74, 6) is 0.928. The van der Waals surface area contributed by atoms with Gasteiger partial charge < -0.3 is 14.2 Å². The molecule has 0 saturated heterocycles. The molecule has 0 aliphatic carbocycles. The van der Waals surface area contributed by atoms with Crippen molar-refractivity contribution in [2.24, 2.45) is 0 Å². The molecular weight excluding hydrogens is 789 g/mol. The van der Waals surface area contributed by atoms with E-state index >= 15 is 0 Å². The molecule has 3 nitrogen and oxygen atoms in total. The highest BCUT2D eigenvalue weighted by Gasteiger charge is 2.21. The zero-order chi connectivity index (χ0) is 44.0. The van der Waals surface area contributed by atoms with Crippen molar-refractivity contribution in [3.8, 4) is 22.3 Å². The number of rotatable bonds is 10. The third-order valence-corrected chi connectivity index (χ3v) is 13.0. The highest BCUT2D eigenvalue weighted by Crippen LogP contribution is 2.45. The van der Waals surface area contributed by atoms with E-state index in [-0.39, 0.29) is 0 Å². The van der Waals surface area contributed by atoms with E-state index < -0.39 is 0 Å². The van der Waals surface area contributed by atoms with Gasteiger partial charge in [-0.25, -0.2) is 0 Å². The van der Waals surface area contributed by atoms with Crippen molar-refractivity contribution in [2.75, 3.05) is 9.80 Å². The van der Waals surface area contributed by atoms with Crippen LogP contribution >= 0.6 is 0 Å². The van der Waals surface area contributed by atoms with Crippen LogP contribution in [-0.2, 0) is 0 Å². The van der Waals surface area contributed by atoms with E-state index in [2.05, 4.69) is 256 Å².